The van der Waals surface area contributed by atoms with Gasteiger partial charge in [0, 0.05) is 19.4 Å². The predicted octanol–water partition coefficient (Wildman–Crippen LogP) is -0.201. The molecule has 0 fully saturated rings. The second-order valence-electron chi connectivity index (χ2n) is 3.00. The number of nitrogens with zero attached hydrogens (tertiary/aromatic N) is 5. The van der Waals surface area contributed by atoms with Crippen LogP contribution in [0.3, 0.4) is 0 Å². The van der Waals surface area contributed by atoms with Gasteiger partial charge in [-0.15, -0.1) is 10.2 Å². The van der Waals surface area contributed by atoms with Crippen LogP contribution in [0.2, 0.25) is 0 Å². The second kappa shape index (κ2) is 3.91. The Morgan fingerprint density at radius 1 is 1.40 bits per heavy atom. The normalized spacial score (nSPS) is 10.2. The molecule has 2 aromatic heterocycles. The van der Waals surface area contributed by atoms with Crippen molar-refractivity contribution in [1.82, 2.24) is 24.7 Å². The average Bonchev–Trinajstić information content (AvgIpc) is 2.63. The van der Waals surface area contributed by atoms with E-state index in [-0.39, 0.29) is 0 Å². The van der Waals surface area contributed by atoms with Gasteiger partial charge in [0.15, 0.2) is 17.5 Å². The minimum atomic E-state index is 0.375. The van der Waals surface area contributed by atoms with E-state index in [1.54, 1.807) is 18.7 Å². The van der Waals surface area contributed by atoms with Crippen LogP contribution in [0.5, 0.6) is 0 Å². The van der Waals surface area contributed by atoms with Gasteiger partial charge < -0.3 is 15.6 Å². The molecule has 2 rings (SSSR count). The summed E-state index contributed by atoms with van der Waals surface area (Å²) in [7, 11) is 1.87. The number of nitrogens with two attached hydrogens (primary N) is 1. The lowest BCUT2D eigenvalue weighted by Gasteiger charge is -2.05. The van der Waals surface area contributed by atoms with Crippen LogP contribution in [0, 0.1) is 0 Å². The van der Waals surface area contributed by atoms with E-state index >= 15 is 0 Å². The molecule has 0 aliphatic heterocycles. The van der Waals surface area contributed by atoms with Crippen LogP contribution in [0.15, 0.2) is 18.7 Å². The van der Waals surface area contributed by atoms with Gasteiger partial charge in [-0.3, -0.25) is 0 Å². The van der Waals surface area contributed by atoms with Crippen LogP contribution in [0.4, 0.5) is 11.6 Å². The van der Waals surface area contributed by atoms with E-state index in [0.717, 1.165) is 5.82 Å². The smallest absolute Gasteiger partial charge is 0.169 e. The first-order valence-corrected chi connectivity index (χ1v) is 4.40. The highest BCUT2D eigenvalue weighted by Crippen LogP contribution is 2.10. The van der Waals surface area contributed by atoms with Crippen molar-refractivity contribution in [3.05, 3.63) is 24.5 Å². The van der Waals surface area contributed by atoms with E-state index in [0.29, 0.717) is 18.2 Å². The number of rotatable bonds is 3. The Balaban J connectivity index is 2.06. The van der Waals surface area contributed by atoms with Crippen LogP contribution in [0.1, 0.15) is 5.82 Å². The summed E-state index contributed by atoms with van der Waals surface area (Å²) in [4.78, 5) is 7.96. The molecule has 15 heavy (non-hydrogen) atoms. The Morgan fingerprint density at radius 3 is 2.87 bits per heavy atom. The zero-order chi connectivity index (χ0) is 10.7. The second-order valence-corrected chi connectivity index (χ2v) is 3.00. The molecule has 7 heteroatoms. The molecular formula is C8H11N7. The molecule has 0 saturated carbocycles. The third-order valence-electron chi connectivity index (χ3n) is 1.95. The lowest BCUT2D eigenvalue weighted by atomic mass is 10.5. The fourth-order valence-corrected chi connectivity index (χ4v) is 1.11. The summed E-state index contributed by atoms with van der Waals surface area (Å²) in [6, 6.07) is 0. The number of hydrogen-bond donors (Lipinski definition) is 2. The summed E-state index contributed by atoms with van der Waals surface area (Å²) in [6.07, 6.45) is 4.76. The van der Waals surface area contributed by atoms with Gasteiger partial charge in [-0.25, -0.2) is 9.97 Å². The lowest BCUT2D eigenvalue weighted by molar-refractivity contribution is 0.810. The van der Waals surface area contributed by atoms with Crippen LogP contribution >= 0.6 is 0 Å². The Labute approximate surface area is 86.4 Å². The molecule has 3 N–H and O–H groups in total. The van der Waals surface area contributed by atoms with Gasteiger partial charge in [-0.1, -0.05) is 0 Å². The maximum atomic E-state index is 5.62. The molecule has 0 aliphatic carbocycles. The molecule has 0 bridgehead atoms. The largest absolute Gasteiger partial charge is 0.381 e. The number of nitrogen functional groups attached to an aromatic ring is 1. The molecule has 0 aliphatic rings. The first-order chi connectivity index (χ1) is 7.27. The Hall–Kier alpha value is -2.18. The standard InChI is InChI=1S/C8H11N7/c1-15-5-13-14-6(15)4-12-8-7(9)10-2-3-11-8/h2-3,5H,4H2,1H3,(H2,9,10)(H,11,12). The summed E-state index contributed by atoms with van der Waals surface area (Å²) in [5.74, 6) is 1.74. The minimum absolute atomic E-state index is 0.375. The van der Waals surface area contributed by atoms with E-state index in [1.165, 1.54) is 0 Å². The SMILES string of the molecule is Cn1cnnc1CNc1nccnc1N. The summed E-state index contributed by atoms with van der Waals surface area (Å²) in [6.45, 7) is 0.513. The summed E-state index contributed by atoms with van der Waals surface area (Å²) >= 11 is 0. The monoisotopic (exact) mass is 205 g/mol. The topological polar surface area (TPSA) is 94.5 Å². The van der Waals surface area contributed by atoms with E-state index < -0.39 is 0 Å². The number of nitrogens with one attached hydrogen (secondary N) is 1. The maximum Gasteiger partial charge on any atom is 0.169 e. The third kappa shape index (κ3) is 2.01. The highest BCUT2D eigenvalue weighted by molar-refractivity contribution is 5.54. The number of anilines is 2. The summed E-state index contributed by atoms with van der Waals surface area (Å²) in [5, 5.41) is 10.7. The van der Waals surface area contributed by atoms with Crippen molar-refractivity contribution in [3.63, 3.8) is 0 Å². The van der Waals surface area contributed by atoms with E-state index in [9.17, 15) is 0 Å². The van der Waals surface area contributed by atoms with Gasteiger partial charge in [0.2, 0.25) is 0 Å². The van der Waals surface area contributed by atoms with E-state index in [1.807, 2.05) is 11.6 Å². The van der Waals surface area contributed by atoms with Crippen LogP contribution < -0.4 is 11.1 Å². The van der Waals surface area contributed by atoms with Crippen LogP contribution in [0.25, 0.3) is 0 Å². The average molecular weight is 205 g/mol. The van der Waals surface area contributed by atoms with Gasteiger partial charge in [0.25, 0.3) is 0 Å². The third-order valence-corrected chi connectivity index (χ3v) is 1.95. The summed E-state index contributed by atoms with van der Waals surface area (Å²) in [5.41, 5.74) is 5.62. The van der Waals surface area contributed by atoms with Crippen molar-refractivity contribution >= 4 is 11.6 Å². The van der Waals surface area contributed by atoms with Gasteiger partial charge >= 0.3 is 0 Å². The van der Waals surface area contributed by atoms with Crippen molar-refractivity contribution in [2.75, 3.05) is 11.1 Å². The van der Waals surface area contributed by atoms with Gasteiger partial charge in [0.1, 0.15) is 6.33 Å². The molecule has 0 saturated heterocycles. The first kappa shape index (κ1) is 9.38. The van der Waals surface area contributed by atoms with Crippen molar-refractivity contribution in [2.24, 2.45) is 7.05 Å². The predicted molar refractivity (Wildman–Crippen MR) is 54.8 cm³/mol. The number of hydrogen-bond acceptors (Lipinski definition) is 6. The first-order valence-electron chi connectivity index (χ1n) is 4.40. The highest BCUT2D eigenvalue weighted by Gasteiger charge is 2.03. The molecule has 0 aromatic carbocycles. The van der Waals surface area contributed by atoms with Crippen LogP contribution in [-0.2, 0) is 13.6 Å². The maximum absolute atomic E-state index is 5.62. The lowest BCUT2D eigenvalue weighted by Crippen LogP contribution is -2.09. The zero-order valence-electron chi connectivity index (χ0n) is 8.25. The molecule has 2 heterocycles. The quantitative estimate of drug-likeness (QED) is 0.720. The van der Waals surface area contributed by atoms with E-state index in [2.05, 4.69) is 25.5 Å². The Morgan fingerprint density at radius 2 is 2.20 bits per heavy atom. The van der Waals surface area contributed by atoms with E-state index in [4.69, 9.17) is 5.73 Å². The van der Waals surface area contributed by atoms with Crippen molar-refractivity contribution in [1.29, 1.82) is 0 Å². The van der Waals surface area contributed by atoms with Crippen molar-refractivity contribution < 1.29 is 0 Å². The summed E-state index contributed by atoms with van der Waals surface area (Å²) < 4.78 is 1.82. The van der Waals surface area contributed by atoms with Gasteiger partial charge in [-0.05, 0) is 0 Å². The molecule has 78 valence electrons. The zero-order valence-corrected chi connectivity index (χ0v) is 8.25. The molecule has 0 radical (unpaired) electrons. The molecule has 2 aromatic rings. The fourth-order valence-electron chi connectivity index (χ4n) is 1.11. The molecular weight excluding hydrogens is 194 g/mol. The van der Waals surface area contributed by atoms with Crippen molar-refractivity contribution in [2.45, 2.75) is 6.54 Å². The van der Waals surface area contributed by atoms with Gasteiger partial charge in [-0.2, -0.15) is 0 Å². The fraction of sp³-hybridized carbons (Fsp3) is 0.250. The molecule has 0 spiro atoms. The molecule has 0 amide bonds. The molecule has 7 nitrogen and oxygen atoms in total. The van der Waals surface area contributed by atoms with Crippen LogP contribution in [-0.4, -0.2) is 24.7 Å². The van der Waals surface area contributed by atoms with Gasteiger partial charge in [0.05, 0.1) is 6.54 Å². The van der Waals surface area contributed by atoms with Crippen molar-refractivity contribution in [3.8, 4) is 0 Å². The Kier molecular flexibility index (Phi) is 2.44. The number of aromatic nitrogens is 5. The molecule has 0 unspecified atom stereocenters. The molecule has 0 atom stereocenters. The number of aryl methyl sites for hydroxylation is 1. The minimum Gasteiger partial charge on any atom is -0.381 e. The Bertz CT molecular complexity index is 450. The highest BCUT2D eigenvalue weighted by atomic mass is 15.3.